The molecule has 20 heavy (non-hydrogen) atoms. The molecule has 0 aliphatic rings. The van der Waals surface area contributed by atoms with Crippen molar-refractivity contribution in [3.05, 3.63) is 48.4 Å². The fourth-order valence-corrected chi connectivity index (χ4v) is 2.28. The highest BCUT2D eigenvalue weighted by Crippen LogP contribution is 2.23. The second-order valence-corrected chi connectivity index (χ2v) is 4.81. The zero-order valence-corrected chi connectivity index (χ0v) is 11.6. The Morgan fingerprint density at radius 2 is 2.05 bits per heavy atom. The third-order valence-corrected chi connectivity index (χ3v) is 3.27. The van der Waals surface area contributed by atoms with Gasteiger partial charge < -0.3 is 10.3 Å². The van der Waals surface area contributed by atoms with Gasteiger partial charge in [0.15, 0.2) is 5.82 Å². The van der Waals surface area contributed by atoms with Gasteiger partial charge in [0, 0.05) is 23.8 Å². The summed E-state index contributed by atoms with van der Waals surface area (Å²) in [7, 11) is 0. The van der Waals surface area contributed by atoms with E-state index in [0.717, 1.165) is 42.1 Å². The second kappa shape index (κ2) is 5.84. The van der Waals surface area contributed by atoms with Crippen LogP contribution in [0.3, 0.4) is 0 Å². The molecule has 0 atom stereocenters. The van der Waals surface area contributed by atoms with Crippen LogP contribution in [0.4, 0.5) is 0 Å². The molecule has 0 aliphatic heterocycles. The summed E-state index contributed by atoms with van der Waals surface area (Å²) in [6.07, 6.45) is 4.84. The Kier molecular flexibility index (Phi) is 3.74. The van der Waals surface area contributed by atoms with Crippen molar-refractivity contribution < 1.29 is 0 Å². The highest BCUT2D eigenvalue weighted by molar-refractivity contribution is 5.92. The summed E-state index contributed by atoms with van der Waals surface area (Å²) in [6.45, 7) is 3.98. The first-order valence-electron chi connectivity index (χ1n) is 6.97. The topological polar surface area (TPSA) is 53.6 Å². The van der Waals surface area contributed by atoms with Gasteiger partial charge in [-0.05, 0) is 24.4 Å². The SMILES string of the molecule is CCCNCc1cnc(-c2nccc3ccccc23)[nH]1. The zero-order valence-electron chi connectivity index (χ0n) is 11.6. The number of aromatic amines is 1. The number of H-pyrrole nitrogens is 1. The van der Waals surface area contributed by atoms with Gasteiger partial charge in [-0.2, -0.15) is 0 Å². The fraction of sp³-hybridized carbons (Fsp3) is 0.250. The van der Waals surface area contributed by atoms with Crippen LogP contribution in [0.5, 0.6) is 0 Å². The molecular formula is C16H18N4. The number of hydrogen-bond donors (Lipinski definition) is 2. The van der Waals surface area contributed by atoms with Crippen molar-refractivity contribution in [2.24, 2.45) is 0 Å². The van der Waals surface area contributed by atoms with Crippen LogP contribution < -0.4 is 5.32 Å². The molecule has 0 unspecified atom stereocenters. The molecule has 0 amide bonds. The zero-order chi connectivity index (χ0) is 13.8. The average Bonchev–Trinajstić information content (AvgIpc) is 2.96. The minimum absolute atomic E-state index is 0.811. The maximum Gasteiger partial charge on any atom is 0.156 e. The highest BCUT2D eigenvalue weighted by Gasteiger charge is 2.08. The van der Waals surface area contributed by atoms with Gasteiger partial charge in [0.05, 0.1) is 6.20 Å². The second-order valence-electron chi connectivity index (χ2n) is 4.81. The number of nitrogens with one attached hydrogen (secondary N) is 2. The van der Waals surface area contributed by atoms with E-state index >= 15 is 0 Å². The molecule has 0 bridgehead atoms. The van der Waals surface area contributed by atoms with Gasteiger partial charge in [-0.1, -0.05) is 31.2 Å². The van der Waals surface area contributed by atoms with E-state index in [9.17, 15) is 0 Å². The van der Waals surface area contributed by atoms with E-state index in [1.54, 1.807) is 0 Å². The third kappa shape index (κ3) is 2.56. The van der Waals surface area contributed by atoms with Crippen LogP contribution in [0.15, 0.2) is 42.7 Å². The monoisotopic (exact) mass is 266 g/mol. The van der Waals surface area contributed by atoms with E-state index in [2.05, 4.69) is 39.3 Å². The molecule has 1 aromatic carbocycles. The lowest BCUT2D eigenvalue weighted by Crippen LogP contribution is -2.13. The lowest BCUT2D eigenvalue weighted by molar-refractivity contribution is 0.666. The van der Waals surface area contributed by atoms with Crippen molar-refractivity contribution in [1.29, 1.82) is 0 Å². The van der Waals surface area contributed by atoms with Crippen molar-refractivity contribution in [2.45, 2.75) is 19.9 Å². The third-order valence-electron chi connectivity index (χ3n) is 3.27. The molecule has 3 aromatic rings. The standard InChI is InChI=1S/C16H18N4/c1-2-8-17-10-13-11-19-16(20-13)15-14-6-4-3-5-12(14)7-9-18-15/h3-7,9,11,17H,2,8,10H2,1H3,(H,19,20). The van der Waals surface area contributed by atoms with Gasteiger partial charge in [-0.3, -0.25) is 4.98 Å². The fourth-order valence-electron chi connectivity index (χ4n) is 2.28. The van der Waals surface area contributed by atoms with Crippen LogP contribution in [0, 0.1) is 0 Å². The normalized spacial score (nSPS) is 11.1. The predicted molar refractivity (Wildman–Crippen MR) is 81.3 cm³/mol. The van der Waals surface area contributed by atoms with Gasteiger partial charge in [-0.25, -0.2) is 4.98 Å². The maximum absolute atomic E-state index is 4.47. The average molecular weight is 266 g/mol. The molecule has 0 fully saturated rings. The number of hydrogen-bond acceptors (Lipinski definition) is 3. The molecule has 0 spiro atoms. The largest absolute Gasteiger partial charge is 0.339 e. The van der Waals surface area contributed by atoms with Crippen molar-refractivity contribution in [3.8, 4) is 11.5 Å². The maximum atomic E-state index is 4.47. The van der Waals surface area contributed by atoms with E-state index in [1.165, 1.54) is 5.39 Å². The van der Waals surface area contributed by atoms with Gasteiger partial charge in [0.1, 0.15) is 5.69 Å². The highest BCUT2D eigenvalue weighted by atomic mass is 15.0. The van der Waals surface area contributed by atoms with Crippen molar-refractivity contribution in [1.82, 2.24) is 20.3 Å². The Morgan fingerprint density at radius 1 is 1.15 bits per heavy atom. The van der Waals surface area contributed by atoms with E-state index < -0.39 is 0 Å². The molecule has 0 saturated heterocycles. The lowest BCUT2D eigenvalue weighted by Gasteiger charge is -2.03. The summed E-state index contributed by atoms with van der Waals surface area (Å²) < 4.78 is 0. The smallest absolute Gasteiger partial charge is 0.156 e. The van der Waals surface area contributed by atoms with Crippen molar-refractivity contribution in [3.63, 3.8) is 0 Å². The first-order chi connectivity index (χ1) is 9.88. The Hall–Kier alpha value is -2.20. The molecule has 0 radical (unpaired) electrons. The summed E-state index contributed by atoms with van der Waals surface area (Å²) in [4.78, 5) is 12.3. The molecule has 2 heterocycles. The Balaban J connectivity index is 1.91. The Morgan fingerprint density at radius 3 is 2.95 bits per heavy atom. The minimum Gasteiger partial charge on any atom is -0.339 e. The summed E-state index contributed by atoms with van der Waals surface area (Å²) in [5, 5.41) is 5.66. The van der Waals surface area contributed by atoms with Crippen molar-refractivity contribution in [2.75, 3.05) is 6.54 Å². The van der Waals surface area contributed by atoms with Crippen LogP contribution >= 0.6 is 0 Å². The number of benzene rings is 1. The quantitative estimate of drug-likeness (QED) is 0.698. The van der Waals surface area contributed by atoms with E-state index in [1.807, 2.05) is 30.6 Å². The number of aromatic nitrogens is 3. The number of imidazole rings is 1. The van der Waals surface area contributed by atoms with Gasteiger partial charge in [-0.15, -0.1) is 0 Å². The molecule has 0 aliphatic carbocycles. The number of rotatable bonds is 5. The minimum atomic E-state index is 0.811. The molecule has 2 N–H and O–H groups in total. The van der Waals surface area contributed by atoms with Crippen molar-refractivity contribution >= 4 is 10.8 Å². The van der Waals surface area contributed by atoms with E-state index in [-0.39, 0.29) is 0 Å². The molecule has 2 aromatic heterocycles. The molecule has 4 heteroatoms. The van der Waals surface area contributed by atoms with E-state index in [4.69, 9.17) is 0 Å². The molecule has 4 nitrogen and oxygen atoms in total. The summed E-state index contributed by atoms with van der Waals surface area (Å²) in [5.41, 5.74) is 1.99. The molecule has 102 valence electrons. The first-order valence-corrected chi connectivity index (χ1v) is 6.97. The Bertz CT molecular complexity index is 697. The summed E-state index contributed by atoms with van der Waals surface area (Å²) in [6, 6.07) is 10.3. The van der Waals surface area contributed by atoms with Gasteiger partial charge in [0.25, 0.3) is 0 Å². The Labute approximate surface area is 118 Å². The summed E-state index contributed by atoms with van der Waals surface area (Å²) >= 11 is 0. The van der Waals surface area contributed by atoms with Crippen LogP contribution in [0.2, 0.25) is 0 Å². The van der Waals surface area contributed by atoms with Gasteiger partial charge >= 0.3 is 0 Å². The molecule has 0 saturated carbocycles. The van der Waals surface area contributed by atoms with Gasteiger partial charge in [0.2, 0.25) is 0 Å². The van der Waals surface area contributed by atoms with Crippen LogP contribution in [-0.4, -0.2) is 21.5 Å². The van der Waals surface area contributed by atoms with Crippen LogP contribution in [-0.2, 0) is 6.54 Å². The van der Waals surface area contributed by atoms with Crippen LogP contribution in [0.1, 0.15) is 19.0 Å². The van der Waals surface area contributed by atoms with Crippen LogP contribution in [0.25, 0.3) is 22.3 Å². The van der Waals surface area contributed by atoms with E-state index in [0.29, 0.717) is 0 Å². The predicted octanol–water partition coefficient (Wildman–Crippen LogP) is 3.12. The molecular weight excluding hydrogens is 248 g/mol. The first kappa shape index (κ1) is 12.8. The number of pyridine rings is 1. The number of fused-ring (bicyclic) bond motifs is 1. The lowest BCUT2D eigenvalue weighted by atomic mass is 10.1. The number of nitrogens with zero attached hydrogens (tertiary/aromatic N) is 2. The molecule has 3 rings (SSSR count). The summed E-state index contributed by atoms with van der Waals surface area (Å²) in [5.74, 6) is 0.829.